The van der Waals surface area contributed by atoms with Gasteiger partial charge in [-0.2, -0.15) is 5.48 Å². The van der Waals surface area contributed by atoms with Crippen molar-refractivity contribution in [2.75, 3.05) is 37.2 Å². The smallest absolute Gasteiger partial charge is 0.237 e. The molecule has 1 aliphatic rings. The number of methoxy groups -OCH3 is 1. The number of ether oxygens (including phenoxy) is 1. The van der Waals surface area contributed by atoms with Crippen LogP contribution in [0.1, 0.15) is 49.5 Å². The molecule has 8 N–H and O–H groups in total. The molecule has 0 unspecified atom stereocenters. The Morgan fingerprint density at radius 2 is 1.84 bits per heavy atom. The molecule has 1 aromatic heterocycles. The van der Waals surface area contributed by atoms with Crippen LogP contribution < -0.4 is 26.2 Å². The Kier molecular flexibility index (Phi) is 12.3. The molecule has 1 fully saturated rings. The van der Waals surface area contributed by atoms with Crippen molar-refractivity contribution in [2.45, 2.75) is 50.3 Å². The summed E-state index contributed by atoms with van der Waals surface area (Å²) in [5.74, 6) is 1.20. The molecule has 0 bridgehead atoms. The zero-order valence-corrected chi connectivity index (χ0v) is 23.5. The first-order valence-corrected chi connectivity index (χ1v) is 13.7. The molecular formula is C28H43N5O4S. The van der Waals surface area contributed by atoms with Gasteiger partial charge in [0, 0.05) is 49.9 Å². The molecule has 0 aliphatic heterocycles. The standard InChI is InChI=1S/C28H37N5O2S.2H2O.H2/c1-5-33(27-15-21(20-8-9-20)14-25(30-2)24(27)16-29)26-13-10-22(32-28(26)34-3)18-35-31-17-19-6-11-23(36-4)12-7-19;;;/h6-7,10-15,20,30-31H,5,8-9,16-18,29H2,1-4H3;2*1H2;1H. The minimum atomic E-state index is 0. The number of aromatic nitrogens is 1. The van der Waals surface area contributed by atoms with Gasteiger partial charge in [-0.05, 0) is 79.5 Å². The quantitative estimate of drug-likeness (QED) is 0.165. The fraction of sp³-hybridized carbons (Fsp3) is 0.393. The number of nitrogens with zero attached hydrogens (tertiary/aromatic N) is 2. The summed E-state index contributed by atoms with van der Waals surface area (Å²) in [5, 5.41) is 3.35. The molecule has 3 aromatic rings. The number of rotatable bonds is 13. The highest BCUT2D eigenvalue weighted by atomic mass is 32.2. The molecule has 0 spiro atoms. The second-order valence-electron chi connectivity index (χ2n) is 8.83. The first-order chi connectivity index (χ1) is 17.6. The highest BCUT2D eigenvalue weighted by molar-refractivity contribution is 7.98. The van der Waals surface area contributed by atoms with Gasteiger partial charge in [0.25, 0.3) is 0 Å². The molecule has 9 nitrogen and oxygen atoms in total. The van der Waals surface area contributed by atoms with Crippen LogP contribution in [0.4, 0.5) is 17.1 Å². The van der Waals surface area contributed by atoms with Gasteiger partial charge in [-0.25, -0.2) is 4.98 Å². The van der Waals surface area contributed by atoms with E-state index < -0.39 is 0 Å². The summed E-state index contributed by atoms with van der Waals surface area (Å²) in [6.45, 7) is 4.30. The number of hydrogen-bond acceptors (Lipinski definition) is 8. The molecule has 0 saturated heterocycles. The van der Waals surface area contributed by atoms with E-state index in [9.17, 15) is 0 Å². The number of benzene rings is 2. The SMILES string of the molecule is CCN(c1ccc(CONCc2ccc(SC)cc2)nc1OC)c1cc(C2CC2)cc(NC)c1CN.O.O.[HH]. The summed E-state index contributed by atoms with van der Waals surface area (Å²) in [5.41, 5.74) is 16.8. The van der Waals surface area contributed by atoms with Gasteiger partial charge in [-0.3, -0.25) is 4.84 Å². The van der Waals surface area contributed by atoms with Gasteiger partial charge in [-0.1, -0.05) is 12.1 Å². The highest BCUT2D eigenvalue weighted by Gasteiger charge is 2.27. The van der Waals surface area contributed by atoms with Crippen LogP contribution in [0.15, 0.2) is 53.4 Å². The zero-order chi connectivity index (χ0) is 25.5. The molecule has 38 heavy (non-hydrogen) atoms. The van der Waals surface area contributed by atoms with Crippen LogP contribution >= 0.6 is 11.8 Å². The van der Waals surface area contributed by atoms with Crippen molar-refractivity contribution in [1.29, 1.82) is 0 Å². The van der Waals surface area contributed by atoms with Gasteiger partial charge >= 0.3 is 0 Å². The number of nitrogens with two attached hydrogens (primary N) is 1. The molecule has 0 atom stereocenters. The molecule has 1 heterocycles. The molecule has 4 rings (SSSR count). The van der Waals surface area contributed by atoms with Crippen LogP contribution in [0.5, 0.6) is 5.88 Å². The highest BCUT2D eigenvalue weighted by Crippen LogP contribution is 2.45. The van der Waals surface area contributed by atoms with Gasteiger partial charge < -0.3 is 31.6 Å². The summed E-state index contributed by atoms with van der Waals surface area (Å²) in [6.07, 6.45) is 4.56. The van der Waals surface area contributed by atoms with Crippen molar-refractivity contribution in [1.82, 2.24) is 10.5 Å². The third-order valence-corrected chi connectivity index (χ3v) is 7.26. The van der Waals surface area contributed by atoms with Gasteiger partial charge in [0.15, 0.2) is 0 Å². The topological polar surface area (TPSA) is 148 Å². The minimum absolute atomic E-state index is 0. The Bertz CT molecular complexity index is 1170. The van der Waals surface area contributed by atoms with E-state index in [0.717, 1.165) is 40.4 Å². The van der Waals surface area contributed by atoms with Crippen molar-refractivity contribution in [3.63, 3.8) is 0 Å². The monoisotopic (exact) mass is 545 g/mol. The maximum Gasteiger partial charge on any atom is 0.237 e. The molecule has 2 aromatic carbocycles. The first-order valence-electron chi connectivity index (χ1n) is 12.4. The third-order valence-electron chi connectivity index (χ3n) is 6.52. The second kappa shape index (κ2) is 14.9. The van der Waals surface area contributed by atoms with Gasteiger partial charge in [0.1, 0.15) is 12.3 Å². The maximum absolute atomic E-state index is 6.22. The van der Waals surface area contributed by atoms with E-state index in [0.29, 0.717) is 31.5 Å². The van der Waals surface area contributed by atoms with Crippen molar-refractivity contribution in [3.05, 3.63) is 70.9 Å². The molecule has 0 radical (unpaired) electrons. The average molecular weight is 546 g/mol. The Balaban J connectivity index is 0.00000253. The lowest BCUT2D eigenvalue weighted by Crippen LogP contribution is -2.21. The molecule has 1 saturated carbocycles. The van der Waals surface area contributed by atoms with E-state index in [2.05, 4.69) is 71.3 Å². The van der Waals surface area contributed by atoms with Gasteiger partial charge in [0.05, 0.1) is 12.8 Å². The first kappa shape index (κ1) is 31.4. The van der Waals surface area contributed by atoms with Crippen molar-refractivity contribution < 1.29 is 22.0 Å². The van der Waals surface area contributed by atoms with Gasteiger partial charge in [0.2, 0.25) is 5.88 Å². The Hall–Kier alpha value is -2.86. The lowest BCUT2D eigenvalue weighted by molar-refractivity contribution is 0.0215. The van der Waals surface area contributed by atoms with Gasteiger partial charge in [-0.15, -0.1) is 11.8 Å². The average Bonchev–Trinajstić information content (AvgIpc) is 3.77. The molecule has 1 aliphatic carbocycles. The van der Waals surface area contributed by atoms with Crippen molar-refractivity contribution in [3.8, 4) is 5.88 Å². The van der Waals surface area contributed by atoms with E-state index in [4.69, 9.17) is 20.3 Å². The minimum Gasteiger partial charge on any atom is -0.480 e. The molecule has 10 heteroatoms. The number of thioether (sulfide) groups is 1. The van der Waals surface area contributed by atoms with E-state index in [1.807, 2.05) is 13.1 Å². The lowest BCUT2D eigenvalue weighted by Gasteiger charge is -2.29. The van der Waals surface area contributed by atoms with Crippen molar-refractivity contribution >= 4 is 28.8 Å². The van der Waals surface area contributed by atoms with Crippen LogP contribution in [0.2, 0.25) is 0 Å². The van der Waals surface area contributed by atoms with E-state index in [-0.39, 0.29) is 12.4 Å². The lowest BCUT2D eigenvalue weighted by atomic mass is 10.0. The zero-order valence-electron chi connectivity index (χ0n) is 22.6. The normalized spacial score (nSPS) is 12.3. The third kappa shape index (κ3) is 7.37. The summed E-state index contributed by atoms with van der Waals surface area (Å²) >= 11 is 1.73. The summed E-state index contributed by atoms with van der Waals surface area (Å²) in [7, 11) is 3.61. The Labute approximate surface area is 231 Å². The number of pyridine rings is 1. The molecular weight excluding hydrogens is 502 g/mol. The van der Waals surface area contributed by atoms with Crippen LogP contribution in [-0.4, -0.2) is 42.9 Å². The molecule has 210 valence electrons. The number of anilines is 3. The van der Waals surface area contributed by atoms with Crippen molar-refractivity contribution in [2.24, 2.45) is 5.73 Å². The predicted octanol–water partition coefficient (Wildman–Crippen LogP) is 4.17. The van der Waals surface area contributed by atoms with E-state index in [1.165, 1.54) is 23.3 Å². The Morgan fingerprint density at radius 3 is 2.42 bits per heavy atom. The summed E-state index contributed by atoms with van der Waals surface area (Å²) in [4.78, 5) is 13.9. The summed E-state index contributed by atoms with van der Waals surface area (Å²) < 4.78 is 5.73. The largest absolute Gasteiger partial charge is 0.480 e. The number of nitrogens with one attached hydrogen (secondary N) is 2. The maximum atomic E-state index is 6.22. The molecule has 0 amide bonds. The number of hydrogen-bond donors (Lipinski definition) is 3. The van der Waals surface area contributed by atoms with Crippen LogP contribution in [0.3, 0.4) is 0 Å². The van der Waals surface area contributed by atoms with Crippen LogP contribution in [0, 0.1) is 0 Å². The number of hydroxylamine groups is 1. The van der Waals surface area contributed by atoms with Crippen LogP contribution in [-0.2, 0) is 24.5 Å². The fourth-order valence-electron chi connectivity index (χ4n) is 4.39. The predicted molar refractivity (Wildman–Crippen MR) is 159 cm³/mol. The van der Waals surface area contributed by atoms with Crippen LogP contribution in [0.25, 0.3) is 0 Å². The van der Waals surface area contributed by atoms with E-state index in [1.54, 1.807) is 18.9 Å². The second-order valence-corrected chi connectivity index (χ2v) is 9.71. The fourth-order valence-corrected chi connectivity index (χ4v) is 4.80. The Morgan fingerprint density at radius 1 is 1.11 bits per heavy atom. The summed E-state index contributed by atoms with van der Waals surface area (Å²) in [6, 6.07) is 17.0. The van der Waals surface area contributed by atoms with E-state index >= 15 is 0 Å².